The Morgan fingerprint density at radius 2 is 2.00 bits per heavy atom. The standard InChI is InChI=1S/C18H19ClN2O/c1-13-16(19)7-4-8-17(13)20-18(22)12-21-10-9-14-5-2-3-6-15(14)11-21/h4,7-11H,2-3,5-6,12H2,1H3/p+1. The quantitative estimate of drug-likeness (QED) is 0.865. The van der Waals surface area contributed by atoms with Crippen LogP contribution in [0.25, 0.3) is 0 Å². The third kappa shape index (κ3) is 3.30. The topological polar surface area (TPSA) is 33.0 Å². The van der Waals surface area contributed by atoms with Gasteiger partial charge in [0.2, 0.25) is 6.54 Å². The SMILES string of the molecule is Cc1c(Cl)cccc1NC(=O)C[n+]1ccc2c(c1)CCCC2. The Balaban J connectivity index is 1.70. The van der Waals surface area contributed by atoms with Gasteiger partial charge in [0.05, 0.1) is 0 Å². The zero-order chi connectivity index (χ0) is 15.5. The summed E-state index contributed by atoms with van der Waals surface area (Å²) < 4.78 is 1.96. The molecule has 0 radical (unpaired) electrons. The van der Waals surface area contributed by atoms with E-state index in [9.17, 15) is 4.79 Å². The maximum absolute atomic E-state index is 12.2. The van der Waals surface area contributed by atoms with Crippen molar-refractivity contribution >= 4 is 23.2 Å². The van der Waals surface area contributed by atoms with Crippen LogP contribution in [0.2, 0.25) is 5.02 Å². The predicted molar refractivity (Wildman–Crippen MR) is 88.1 cm³/mol. The summed E-state index contributed by atoms with van der Waals surface area (Å²) in [6.45, 7) is 2.23. The fraction of sp³-hybridized carbons (Fsp3) is 0.333. The molecule has 22 heavy (non-hydrogen) atoms. The van der Waals surface area contributed by atoms with Crippen molar-refractivity contribution in [2.24, 2.45) is 0 Å². The third-order valence-electron chi connectivity index (χ3n) is 4.21. The van der Waals surface area contributed by atoms with Crippen molar-refractivity contribution in [2.45, 2.75) is 39.2 Å². The van der Waals surface area contributed by atoms with Crippen molar-refractivity contribution in [3.8, 4) is 0 Å². The highest BCUT2D eigenvalue weighted by atomic mass is 35.5. The Hall–Kier alpha value is -1.87. The van der Waals surface area contributed by atoms with Crippen LogP contribution < -0.4 is 9.88 Å². The summed E-state index contributed by atoms with van der Waals surface area (Å²) in [4.78, 5) is 12.2. The number of fused-ring (bicyclic) bond motifs is 1. The molecule has 0 atom stereocenters. The molecule has 0 unspecified atom stereocenters. The zero-order valence-corrected chi connectivity index (χ0v) is 13.5. The number of anilines is 1. The van der Waals surface area contributed by atoms with Crippen LogP contribution in [0, 0.1) is 6.92 Å². The van der Waals surface area contributed by atoms with E-state index in [1.54, 1.807) is 0 Å². The lowest BCUT2D eigenvalue weighted by atomic mass is 9.93. The van der Waals surface area contributed by atoms with Crippen LogP contribution in [0.4, 0.5) is 5.69 Å². The van der Waals surface area contributed by atoms with E-state index in [2.05, 4.69) is 17.6 Å². The zero-order valence-electron chi connectivity index (χ0n) is 12.7. The summed E-state index contributed by atoms with van der Waals surface area (Å²) in [6, 6.07) is 7.69. The van der Waals surface area contributed by atoms with Gasteiger partial charge in [-0.05, 0) is 55.9 Å². The minimum absolute atomic E-state index is 0.0360. The molecule has 1 heterocycles. The molecular weight excluding hydrogens is 296 g/mol. The van der Waals surface area contributed by atoms with Gasteiger partial charge in [-0.3, -0.25) is 4.79 Å². The van der Waals surface area contributed by atoms with Gasteiger partial charge < -0.3 is 5.32 Å². The second-order valence-corrected chi connectivity index (χ2v) is 6.24. The monoisotopic (exact) mass is 315 g/mol. The lowest BCUT2D eigenvalue weighted by molar-refractivity contribution is -0.684. The van der Waals surface area contributed by atoms with Gasteiger partial charge in [-0.2, -0.15) is 4.57 Å². The molecule has 3 rings (SSSR count). The average Bonchev–Trinajstić information content (AvgIpc) is 2.52. The Morgan fingerprint density at radius 3 is 2.82 bits per heavy atom. The Bertz CT molecular complexity index is 712. The van der Waals surface area contributed by atoms with E-state index < -0.39 is 0 Å². The average molecular weight is 316 g/mol. The van der Waals surface area contributed by atoms with Crippen LogP contribution >= 0.6 is 11.6 Å². The number of nitrogens with one attached hydrogen (secondary N) is 1. The molecule has 0 saturated carbocycles. The minimum Gasteiger partial charge on any atom is -0.320 e. The lowest BCUT2D eigenvalue weighted by Crippen LogP contribution is -2.40. The summed E-state index contributed by atoms with van der Waals surface area (Å²) in [5.41, 5.74) is 4.47. The summed E-state index contributed by atoms with van der Waals surface area (Å²) in [5, 5.41) is 3.60. The number of aromatic nitrogens is 1. The van der Waals surface area contributed by atoms with Gasteiger partial charge in [-0.15, -0.1) is 0 Å². The van der Waals surface area contributed by atoms with Gasteiger partial charge in [0.25, 0.3) is 5.91 Å². The normalized spacial score (nSPS) is 13.5. The molecule has 0 spiro atoms. The highest BCUT2D eigenvalue weighted by Crippen LogP contribution is 2.23. The van der Waals surface area contributed by atoms with Gasteiger partial charge >= 0.3 is 0 Å². The number of hydrogen-bond acceptors (Lipinski definition) is 1. The first-order valence-corrected chi connectivity index (χ1v) is 8.07. The Kier molecular flexibility index (Phi) is 4.44. The van der Waals surface area contributed by atoms with Crippen molar-refractivity contribution < 1.29 is 9.36 Å². The number of carbonyl (C=O) groups excluding carboxylic acids is 1. The van der Waals surface area contributed by atoms with E-state index in [1.807, 2.05) is 35.9 Å². The molecule has 0 bridgehead atoms. The number of amides is 1. The highest BCUT2D eigenvalue weighted by molar-refractivity contribution is 6.31. The van der Waals surface area contributed by atoms with Gasteiger partial charge in [0.1, 0.15) is 0 Å². The summed E-state index contributed by atoms with van der Waals surface area (Å²) >= 11 is 6.08. The second-order valence-electron chi connectivity index (χ2n) is 5.84. The van der Waals surface area contributed by atoms with E-state index in [0.29, 0.717) is 11.6 Å². The summed E-state index contributed by atoms with van der Waals surface area (Å²) in [7, 11) is 0. The van der Waals surface area contributed by atoms with Gasteiger partial charge in [-0.1, -0.05) is 17.7 Å². The highest BCUT2D eigenvalue weighted by Gasteiger charge is 2.16. The smallest absolute Gasteiger partial charge is 0.290 e. The van der Waals surface area contributed by atoms with E-state index >= 15 is 0 Å². The lowest BCUT2D eigenvalue weighted by Gasteiger charge is -2.13. The van der Waals surface area contributed by atoms with Crippen LogP contribution in [0.3, 0.4) is 0 Å². The molecule has 2 aromatic rings. The van der Waals surface area contributed by atoms with Gasteiger partial charge in [0, 0.05) is 22.3 Å². The maximum Gasteiger partial charge on any atom is 0.290 e. The van der Waals surface area contributed by atoms with E-state index in [0.717, 1.165) is 24.1 Å². The largest absolute Gasteiger partial charge is 0.320 e. The van der Waals surface area contributed by atoms with Crippen molar-refractivity contribution in [3.05, 3.63) is 58.4 Å². The fourth-order valence-corrected chi connectivity index (χ4v) is 3.09. The van der Waals surface area contributed by atoms with Crippen LogP contribution in [0.5, 0.6) is 0 Å². The molecule has 3 nitrogen and oxygen atoms in total. The molecule has 0 aliphatic heterocycles. The van der Waals surface area contributed by atoms with Crippen LogP contribution in [0.15, 0.2) is 36.7 Å². The Morgan fingerprint density at radius 1 is 1.23 bits per heavy atom. The number of carbonyl (C=O) groups is 1. The molecule has 1 aromatic carbocycles. The fourth-order valence-electron chi connectivity index (χ4n) is 2.92. The molecule has 4 heteroatoms. The number of hydrogen-bond donors (Lipinski definition) is 1. The molecule has 1 aromatic heterocycles. The van der Waals surface area contributed by atoms with E-state index in [1.165, 1.54) is 24.0 Å². The second kappa shape index (κ2) is 6.49. The molecule has 1 aliphatic rings. The maximum atomic E-state index is 12.2. The number of benzene rings is 1. The van der Waals surface area contributed by atoms with Crippen molar-refractivity contribution in [3.63, 3.8) is 0 Å². The van der Waals surface area contributed by atoms with Gasteiger partial charge in [-0.25, -0.2) is 0 Å². The number of aryl methyl sites for hydroxylation is 2. The van der Waals surface area contributed by atoms with Crippen LogP contribution in [-0.2, 0) is 24.2 Å². The number of nitrogens with zero attached hydrogens (tertiary/aromatic N) is 1. The predicted octanol–water partition coefficient (Wildman–Crippen LogP) is 3.45. The molecule has 114 valence electrons. The minimum atomic E-state index is -0.0360. The molecule has 0 fully saturated rings. The molecule has 1 N–H and O–H groups in total. The first-order chi connectivity index (χ1) is 10.6. The molecular formula is C18H20ClN2O+. The van der Waals surface area contributed by atoms with Gasteiger partial charge in [0.15, 0.2) is 12.4 Å². The number of pyridine rings is 1. The van der Waals surface area contributed by atoms with Crippen LogP contribution in [-0.4, -0.2) is 5.91 Å². The Labute approximate surface area is 135 Å². The summed E-state index contributed by atoms with van der Waals surface area (Å²) in [5.74, 6) is -0.0360. The molecule has 1 amide bonds. The van der Waals surface area contributed by atoms with E-state index in [4.69, 9.17) is 11.6 Å². The van der Waals surface area contributed by atoms with E-state index in [-0.39, 0.29) is 5.91 Å². The van der Waals surface area contributed by atoms with Crippen LogP contribution in [0.1, 0.15) is 29.5 Å². The number of rotatable bonds is 3. The van der Waals surface area contributed by atoms with Crippen molar-refractivity contribution in [1.29, 1.82) is 0 Å². The third-order valence-corrected chi connectivity index (χ3v) is 4.62. The summed E-state index contributed by atoms with van der Waals surface area (Å²) in [6.07, 6.45) is 8.89. The van der Waals surface area contributed by atoms with Crippen molar-refractivity contribution in [1.82, 2.24) is 0 Å². The van der Waals surface area contributed by atoms with Crippen molar-refractivity contribution in [2.75, 3.05) is 5.32 Å². The molecule has 1 aliphatic carbocycles. The first kappa shape index (κ1) is 15.0. The molecule has 0 saturated heterocycles. The number of halogens is 1. The first-order valence-electron chi connectivity index (χ1n) is 7.69.